The Morgan fingerprint density at radius 1 is 1.41 bits per heavy atom. The van der Waals surface area contributed by atoms with Gasteiger partial charge in [0.15, 0.2) is 5.82 Å². The van der Waals surface area contributed by atoms with Gasteiger partial charge in [0.25, 0.3) is 5.89 Å². The molecule has 88 valence electrons. The van der Waals surface area contributed by atoms with E-state index in [2.05, 4.69) is 20.4 Å². The molecule has 1 atom stereocenters. The predicted octanol–water partition coefficient (Wildman–Crippen LogP) is 0.502. The Morgan fingerprint density at radius 3 is 3.06 bits per heavy atom. The number of hydrogen-bond donors (Lipinski definition) is 2. The highest BCUT2D eigenvalue weighted by atomic mass is 16.5. The van der Waals surface area contributed by atoms with Crippen molar-refractivity contribution in [3.05, 3.63) is 34.5 Å². The van der Waals surface area contributed by atoms with Crippen molar-refractivity contribution in [1.82, 2.24) is 20.4 Å². The zero-order valence-corrected chi connectivity index (χ0v) is 9.14. The van der Waals surface area contributed by atoms with E-state index in [9.17, 15) is 4.79 Å². The van der Waals surface area contributed by atoms with Gasteiger partial charge in [-0.05, 0) is 19.0 Å². The third-order valence-corrected chi connectivity index (χ3v) is 2.90. The summed E-state index contributed by atoms with van der Waals surface area (Å²) in [5.41, 5.74) is 0.586. The fourth-order valence-electron chi connectivity index (χ4n) is 1.94. The number of aromatic nitrogens is 3. The number of aromatic amines is 1. The second kappa shape index (κ2) is 4.14. The Kier molecular flexibility index (Phi) is 2.49. The van der Waals surface area contributed by atoms with E-state index >= 15 is 0 Å². The summed E-state index contributed by atoms with van der Waals surface area (Å²) in [6, 6.07) is 3.11. The van der Waals surface area contributed by atoms with Crippen LogP contribution in [0, 0.1) is 0 Å². The molecule has 2 N–H and O–H groups in total. The first-order valence-electron chi connectivity index (χ1n) is 5.56. The van der Waals surface area contributed by atoms with Gasteiger partial charge in [0, 0.05) is 24.7 Å². The topological polar surface area (TPSA) is 83.8 Å². The van der Waals surface area contributed by atoms with E-state index in [1.54, 1.807) is 12.3 Å². The summed E-state index contributed by atoms with van der Waals surface area (Å²) < 4.78 is 5.19. The highest BCUT2D eigenvalue weighted by molar-refractivity contribution is 5.50. The summed E-state index contributed by atoms with van der Waals surface area (Å²) in [4.78, 5) is 17.9. The molecule has 6 nitrogen and oxygen atoms in total. The van der Waals surface area contributed by atoms with Crippen LogP contribution in [0.15, 0.2) is 27.6 Å². The number of H-pyrrole nitrogens is 1. The summed E-state index contributed by atoms with van der Waals surface area (Å²) in [5.74, 6) is 1.51. The van der Waals surface area contributed by atoms with Gasteiger partial charge >= 0.3 is 0 Å². The molecular weight excluding hydrogens is 220 g/mol. The average molecular weight is 232 g/mol. The molecule has 6 heteroatoms. The van der Waals surface area contributed by atoms with E-state index in [0.717, 1.165) is 30.9 Å². The third kappa shape index (κ3) is 1.99. The minimum atomic E-state index is -0.145. The Hall–Kier alpha value is -1.95. The van der Waals surface area contributed by atoms with Gasteiger partial charge in [0.1, 0.15) is 0 Å². The normalized spacial score (nSPS) is 19.6. The first-order chi connectivity index (χ1) is 8.33. The first-order valence-corrected chi connectivity index (χ1v) is 5.56. The van der Waals surface area contributed by atoms with Gasteiger partial charge in [-0.1, -0.05) is 5.16 Å². The van der Waals surface area contributed by atoms with Gasteiger partial charge in [0.2, 0.25) is 5.56 Å². The lowest BCUT2D eigenvalue weighted by Gasteiger charge is -1.98. The van der Waals surface area contributed by atoms with E-state index in [1.165, 1.54) is 6.07 Å². The maximum absolute atomic E-state index is 10.9. The summed E-state index contributed by atoms with van der Waals surface area (Å²) in [7, 11) is 0. The molecule has 3 rings (SSSR count). The molecule has 0 amide bonds. The predicted molar refractivity (Wildman–Crippen MR) is 60.6 cm³/mol. The van der Waals surface area contributed by atoms with Crippen molar-refractivity contribution in [1.29, 1.82) is 0 Å². The molecule has 2 aromatic heterocycles. The molecule has 0 aliphatic carbocycles. The number of nitrogens with one attached hydrogen (secondary N) is 2. The molecule has 1 aliphatic heterocycles. The lowest BCUT2D eigenvalue weighted by atomic mass is 10.1. The molecule has 1 aliphatic rings. The van der Waals surface area contributed by atoms with Gasteiger partial charge in [-0.2, -0.15) is 4.98 Å². The highest BCUT2D eigenvalue weighted by Crippen LogP contribution is 2.22. The smallest absolute Gasteiger partial charge is 0.259 e. The van der Waals surface area contributed by atoms with E-state index in [0.29, 0.717) is 11.8 Å². The lowest BCUT2D eigenvalue weighted by molar-refractivity contribution is 0.417. The molecule has 0 aromatic carbocycles. The summed E-state index contributed by atoms with van der Waals surface area (Å²) >= 11 is 0. The third-order valence-electron chi connectivity index (χ3n) is 2.90. The Balaban J connectivity index is 1.89. The maximum Gasteiger partial charge on any atom is 0.259 e. The zero-order chi connectivity index (χ0) is 11.7. The molecule has 0 spiro atoms. The van der Waals surface area contributed by atoms with E-state index in [1.807, 2.05) is 0 Å². The monoisotopic (exact) mass is 232 g/mol. The fourth-order valence-corrected chi connectivity index (χ4v) is 1.94. The fraction of sp³-hybridized carbons (Fsp3) is 0.364. The lowest BCUT2D eigenvalue weighted by Crippen LogP contribution is -2.08. The molecule has 17 heavy (non-hydrogen) atoms. The van der Waals surface area contributed by atoms with Gasteiger partial charge in [-0.25, -0.2) is 0 Å². The van der Waals surface area contributed by atoms with Crippen LogP contribution in [-0.2, 0) is 0 Å². The quantitative estimate of drug-likeness (QED) is 0.787. The van der Waals surface area contributed by atoms with Gasteiger partial charge in [0.05, 0.1) is 5.56 Å². The number of hydrogen-bond acceptors (Lipinski definition) is 5. The Bertz CT molecular complexity index is 548. The van der Waals surface area contributed by atoms with Crippen LogP contribution in [0.25, 0.3) is 11.5 Å². The van der Waals surface area contributed by atoms with E-state index in [-0.39, 0.29) is 5.56 Å². The average Bonchev–Trinajstić information content (AvgIpc) is 3.00. The van der Waals surface area contributed by atoms with Crippen LogP contribution in [0.5, 0.6) is 0 Å². The van der Waals surface area contributed by atoms with E-state index in [4.69, 9.17) is 4.52 Å². The molecule has 3 heterocycles. The Labute approximate surface area is 97.1 Å². The van der Waals surface area contributed by atoms with Gasteiger partial charge in [-0.3, -0.25) is 4.79 Å². The van der Waals surface area contributed by atoms with Crippen molar-refractivity contribution in [2.75, 3.05) is 13.1 Å². The largest absolute Gasteiger partial charge is 0.334 e. The molecule has 0 radical (unpaired) electrons. The van der Waals surface area contributed by atoms with Crippen LogP contribution in [-0.4, -0.2) is 28.2 Å². The van der Waals surface area contributed by atoms with Crippen LogP contribution in [0.2, 0.25) is 0 Å². The standard InChI is InChI=1S/C11H12N4O2/c16-9-2-1-8(6-13-9)11-14-10(15-17-11)7-3-4-12-5-7/h1-2,6-7,12H,3-5H2,(H,13,16)/t7-/m1/s1. The number of pyridine rings is 1. The molecule has 0 saturated carbocycles. The van der Waals surface area contributed by atoms with E-state index < -0.39 is 0 Å². The molecule has 0 bridgehead atoms. The molecule has 2 aromatic rings. The molecule has 0 unspecified atom stereocenters. The van der Waals surface area contributed by atoms with Crippen molar-refractivity contribution in [2.24, 2.45) is 0 Å². The first kappa shape index (κ1) is 10.2. The minimum absolute atomic E-state index is 0.145. The zero-order valence-electron chi connectivity index (χ0n) is 9.14. The maximum atomic E-state index is 10.9. The molecule has 1 fully saturated rings. The Morgan fingerprint density at radius 2 is 2.35 bits per heavy atom. The van der Waals surface area contributed by atoms with Crippen LogP contribution in [0.4, 0.5) is 0 Å². The van der Waals surface area contributed by atoms with Crippen LogP contribution in [0.1, 0.15) is 18.2 Å². The second-order valence-corrected chi connectivity index (χ2v) is 4.09. The molecule has 1 saturated heterocycles. The molecular formula is C11H12N4O2. The summed E-state index contributed by atoms with van der Waals surface area (Å²) in [6.07, 6.45) is 2.61. The minimum Gasteiger partial charge on any atom is -0.334 e. The summed E-state index contributed by atoms with van der Waals surface area (Å²) in [5, 5.41) is 7.24. The van der Waals surface area contributed by atoms with Crippen molar-refractivity contribution in [3.8, 4) is 11.5 Å². The van der Waals surface area contributed by atoms with Crippen molar-refractivity contribution >= 4 is 0 Å². The number of rotatable bonds is 2. The van der Waals surface area contributed by atoms with Crippen LogP contribution in [0.3, 0.4) is 0 Å². The number of nitrogens with zero attached hydrogens (tertiary/aromatic N) is 2. The summed E-state index contributed by atoms with van der Waals surface area (Å²) in [6.45, 7) is 1.89. The van der Waals surface area contributed by atoms with Crippen LogP contribution >= 0.6 is 0 Å². The van der Waals surface area contributed by atoms with Gasteiger partial charge < -0.3 is 14.8 Å². The van der Waals surface area contributed by atoms with Crippen molar-refractivity contribution in [2.45, 2.75) is 12.3 Å². The second-order valence-electron chi connectivity index (χ2n) is 4.09. The SMILES string of the molecule is O=c1ccc(-c2nc([C@@H]3CCNC3)no2)c[nH]1. The highest BCUT2D eigenvalue weighted by Gasteiger charge is 2.22. The van der Waals surface area contributed by atoms with Crippen molar-refractivity contribution < 1.29 is 4.52 Å². The van der Waals surface area contributed by atoms with Gasteiger partial charge in [-0.15, -0.1) is 0 Å². The van der Waals surface area contributed by atoms with Crippen LogP contribution < -0.4 is 10.9 Å². The van der Waals surface area contributed by atoms with Crippen molar-refractivity contribution in [3.63, 3.8) is 0 Å².